The molecule has 4 heteroatoms. The highest BCUT2D eigenvalue weighted by Gasteiger charge is 2.17. The molecule has 1 aliphatic rings. The molecule has 4 nitrogen and oxygen atoms in total. The van der Waals surface area contributed by atoms with Crippen LogP contribution >= 0.6 is 0 Å². The van der Waals surface area contributed by atoms with E-state index in [9.17, 15) is 4.79 Å². The Bertz CT molecular complexity index is 399. The van der Waals surface area contributed by atoms with Gasteiger partial charge in [-0.25, -0.2) is 4.79 Å². The highest BCUT2D eigenvalue weighted by atomic mass is 16.1. The minimum absolute atomic E-state index is 0.247. The first kappa shape index (κ1) is 10.2. The van der Waals surface area contributed by atoms with E-state index in [4.69, 9.17) is 0 Å². The number of aromatic nitrogens is 2. The number of aryl methyl sites for hydroxylation is 1. The van der Waals surface area contributed by atoms with Crippen LogP contribution in [0.4, 0.5) is 5.82 Å². The van der Waals surface area contributed by atoms with Gasteiger partial charge in [-0.3, -0.25) is 0 Å². The molecule has 15 heavy (non-hydrogen) atoms. The van der Waals surface area contributed by atoms with Crippen LogP contribution in [0.3, 0.4) is 0 Å². The lowest BCUT2D eigenvalue weighted by Gasteiger charge is -2.31. The summed E-state index contributed by atoms with van der Waals surface area (Å²) in [5.41, 5.74) is 0.631. The summed E-state index contributed by atoms with van der Waals surface area (Å²) < 4.78 is 0. The van der Waals surface area contributed by atoms with E-state index in [1.54, 1.807) is 0 Å². The highest BCUT2D eigenvalue weighted by molar-refractivity contribution is 5.39. The largest absolute Gasteiger partial charge is 0.356 e. The second kappa shape index (κ2) is 4.04. The van der Waals surface area contributed by atoms with Crippen LogP contribution < -0.4 is 10.6 Å². The van der Waals surface area contributed by atoms with Crippen LogP contribution in [0, 0.1) is 12.8 Å². The SMILES string of the molecule is Cc1cc(N2CCCC(C)C2)nc(=O)[nH]1. The third kappa shape index (κ3) is 2.37. The fourth-order valence-corrected chi connectivity index (χ4v) is 2.12. The standard InChI is InChI=1S/C11H17N3O/c1-8-4-3-5-14(7-8)10-6-9(2)12-11(15)13-10/h6,8H,3-5,7H2,1-2H3,(H,12,13,15). The summed E-state index contributed by atoms with van der Waals surface area (Å²) in [4.78, 5) is 20.1. The van der Waals surface area contributed by atoms with Gasteiger partial charge in [-0.15, -0.1) is 0 Å². The summed E-state index contributed by atoms with van der Waals surface area (Å²) in [6, 6.07) is 1.94. The molecule has 0 bridgehead atoms. The number of aromatic amines is 1. The molecular weight excluding hydrogens is 190 g/mol. The molecular formula is C11H17N3O. The van der Waals surface area contributed by atoms with Gasteiger partial charge in [0.05, 0.1) is 0 Å². The molecule has 0 aliphatic carbocycles. The number of anilines is 1. The molecule has 0 amide bonds. The Morgan fingerprint density at radius 1 is 1.60 bits per heavy atom. The van der Waals surface area contributed by atoms with Crippen LogP contribution in [-0.4, -0.2) is 23.1 Å². The smallest absolute Gasteiger partial charge is 0.347 e. The summed E-state index contributed by atoms with van der Waals surface area (Å²) in [7, 11) is 0. The van der Waals surface area contributed by atoms with E-state index in [0.717, 1.165) is 24.6 Å². The molecule has 1 aromatic rings. The van der Waals surface area contributed by atoms with Crippen LogP contribution in [0.25, 0.3) is 0 Å². The van der Waals surface area contributed by atoms with E-state index in [-0.39, 0.29) is 5.69 Å². The van der Waals surface area contributed by atoms with Crippen molar-refractivity contribution in [2.75, 3.05) is 18.0 Å². The first-order valence-electron chi connectivity index (χ1n) is 5.48. The maximum absolute atomic E-state index is 11.2. The molecule has 0 spiro atoms. The Hall–Kier alpha value is -1.32. The molecule has 1 saturated heterocycles. The van der Waals surface area contributed by atoms with Gasteiger partial charge in [0.15, 0.2) is 0 Å². The Balaban J connectivity index is 2.24. The number of piperidine rings is 1. The van der Waals surface area contributed by atoms with Crippen molar-refractivity contribution in [1.29, 1.82) is 0 Å². The summed E-state index contributed by atoms with van der Waals surface area (Å²) in [5, 5.41) is 0. The second-order valence-corrected chi connectivity index (χ2v) is 4.42. The van der Waals surface area contributed by atoms with Gasteiger partial charge in [-0.05, 0) is 31.7 Å². The summed E-state index contributed by atoms with van der Waals surface area (Å²) in [6.45, 7) is 6.16. The van der Waals surface area contributed by atoms with E-state index in [1.807, 2.05) is 13.0 Å². The zero-order valence-corrected chi connectivity index (χ0v) is 9.29. The molecule has 1 unspecified atom stereocenters. The van der Waals surface area contributed by atoms with Crippen LogP contribution in [0.5, 0.6) is 0 Å². The first-order chi connectivity index (χ1) is 7.15. The summed E-state index contributed by atoms with van der Waals surface area (Å²) in [5.74, 6) is 1.52. The number of H-pyrrole nitrogens is 1. The molecule has 2 rings (SSSR count). The normalized spacial score (nSPS) is 21.7. The minimum atomic E-state index is -0.247. The van der Waals surface area contributed by atoms with E-state index >= 15 is 0 Å². The van der Waals surface area contributed by atoms with Gasteiger partial charge >= 0.3 is 5.69 Å². The lowest BCUT2D eigenvalue weighted by molar-refractivity contribution is 0.444. The van der Waals surface area contributed by atoms with Gasteiger partial charge in [-0.2, -0.15) is 4.98 Å². The van der Waals surface area contributed by atoms with Crippen molar-refractivity contribution < 1.29 is 0 Å². The molecule has 82 valence electrons. The Morgan fingerprint density at radius 3 is 3.07 bits per heavy atom. The Kier molecular flexibility index (Phi) is 2.75. The molecule has 1 aromatic heterocycles. The van der Waals surface area contributed by atoms with Gasteiger partial charge < -0.3 is 9.88 Å². The van der Waals surface area contributed by atoms with Crippen LogP contribution in [0.1, 0.15) is 25.5 Å². The maximum atomic E-state index is 11.2. The van der Waals surface area contributed by atoms with E-state index in [1.165, 1.54) is 12.8 Å². The van der Waals surface area contributed by atoms with Crippen LogP contribution in [0.15, 0.2) is 10.9 Å². The fraction of sp³-hybridized carbons (Fsp3) is 0.636. The lowest BCUT2D eigenvalue weighted by Crippen LogP contribution is -2.36. The third-order valence-electron chi connectivity index (χ3n) is 2.85. The zero-order valence-electron chi connectivity index (χ0n) is 9.29. The zero-order chi connectivity index (χ0) is 10.8. The third-order valence-corrected chi connectivity index (χ3v) is 2.85. The minimum Gasteiger partial charge on any atom is -0.356 e. The van der Waals surface area contributed by atoms with E-state index < -0.39 is 0 Å². The quantitative estimate of drug-likeness (QED) is 0.755. The molecule has 1 aliphatic heterocycles. The van der Waals surface area contributed by atoms with Crippen LogP contribution in [-0.2, 0) is 0 Å². The summed E-state index contributed by atoms with van der Waals surface area (Å²) >= 11 is 0. The van der Waals surface area contributed by atoms with Gasteiger partial charge in [0.2, 0.25) is 0 Å². The molecule has 2 heterocycles. The highest BCUT2D eigenvalue weighted by Crippen LogP contribution is 2.20. The van der Waals surface area contributed by atoms with Crippen LogP contribution in [0.2, 0.25) is 0 Å². The predicted octanol–water partition coefficient (Wildman–Crippen LogP) is 1.31. The number of hydrogen-bond donors (Lipinski definition) is 1. The van der Waals surface area contributed by atoms with Gasteiger partial charge in [0.1, 0.15) is 5.82 Å². The molecule has 0 saturated carbocycles. The van der Waals surface area contributed by atoms with Gasteiger partial charge in [0, 0.05) is 18.8 Å². The monoisotopic (exact) mass is 207 g/mol. The number of nitrogens with zero attached hydrogens (tertiary/aromatic N) is 2. The van der Waals surface area contributed by atoms with Gasteiger partial charge in [-0.1, -0.05) is 6.92 Å². The number of hydrogen-bond acceptors (Lipinski definition) is 3. The van der Waals surface area contributed by atoms with Crippen molar-refractivity contribution >= 4 is 5.82 Å². The summed E-state index contributed by atoms with van der Waals surface area (Å²) in [6.07, 6.45) is 2.47. The topological polar surface area (TPSA) is 49.0 Å². The van der Waals surface area contributed by atoms with E-state index in [2.05, 4.69) is 21.8 Å². The van der Waals surface area contributed by atoms with Crippen molar-refractivity contribution in [2.24, 2.45) is 5.92 Å². The molecule has 1 fully saturated rings. The van der Waals surface area contributed by atoms with Gasteiger partial charge in [0.25, 0.3) is 0 Å². The van der Waals surface area contributed by atoms with Crippen molar-refractivity contribution in [1.82, 2.24) is 9.97 Å². The first-order valence-corrected chi connectivity index (χ1v) is 5.48. The fourth-order valence-electron chi connectivity index (χ4n) is 2.12. The molecule has 1 N–H and O–H groups in total. The van der Waals surface area contributed by atoms with Crippen molar-refractivity contribution in [3.63, 3.8) is 0 Å². The van der Waals surface area contributed by atoms with E-state index in [0.29, 0.717) is 5.92 Å². The Morgan fingerprint density at radius 2 is 2.40 bits per heavy atom. The average molecular weight is 207 g/mol. The lowest BCUT2D eigenvalue weighted by atomic mass is 10.0. The second-order valence-electron chi connectivity index (χ2n) is 4.42. The van der Waals surface area contributed by atoms with Crippen molar-refractivity contribution in [2.45, 2.75) is 26.7 Å². The average Bonchev–Trinajstić information content (AvgIpc) is 2.16. The number of rotatable bonds is 1. The predicted molar refractivity (Wildman–Crippen MR) is 60.2 cm³/mol. The molecule has 1 atom stereocenters. The van der Waals surface area contributed by atoms with Crippen molar-refractivity contribution in [3.8, 4) is 0 Å². The molecule has 0 aromatic carbocycles. The molecule has 0 radical (unpaired) electrons. The Labute approximate surface area is 89.3 Å². The maximum Gasteiger partial charge on any atom is 0.347 e. The van der Waals surface area contributed by atoms with Crippen molar-refractivity contribution in [3.05, 3.63) is 22.2 Å². The number of nitrogens with one attached hydrogen (secondary N) is 1.